The van der Waals surface area contributed by atoms with Crippen LogP contribution in [-0.2, 0) is 9.15 Å². The Balaban J connectivity index is -0.0000000267. The van der Waals surface area contributed by atoms with E-state index in [4.69, 9.17) is 13.0 Å². The van der Waals surface area contributed by atoms with Gasteiger partial charge >= 0.3 is 112 Å². The molecule has 8 heteroatoms. The first-order valence-corrected chi connectivity index (χ1v) is 3.19. The van der Waals surface area contributed by atoms with Crippen LogP contribution >= 0.6 is 35.6 Å². The summed E-state index contributed by atoms with van der Waals surface area (Å²) in [6.45, 7) is 0. The summed E-state index contributed by atoms with van der Waals surface area (Å²) in [5.41, 5.74) is 0. The summed E-state index contributed by atoms with van der Waals surface area (Å²) in [5.74, 6) is 0. The topological polar surface area (TPSA) is 54.4 Å². The van der Waals surface area contributed by atoms with Gasteiger partial charge in [-0.05, 0) is 11.7 Å². The zero-order chi connectivity index (χ0) is 4.50. The van der Waals surface area contributed by atoms with E-state index in [9.17, 15) is 0 Å². The van der Waals surface area contributed by atoms with Crippen molar-refractivity contribution in [2.24, 2.45) is 0 Å². The predicted octanol–water partition coefficient (Wildman–Crippen LogP) is -0.960. The van der Waals surface area contributed by atoms with Gasteiger partial charge in [-0.3, -0.25) is 4.55 Å². The first-order chi connectivity index (χ1) is 2.00. The summed E-state index contributed by atoms with van der Waals surface area (Å²) >= 11 is 2.65. The van der Waals surface area contributed by atoms with Crippen LogP contribution in [0.5, 0.6) is 0 Å². The fourth-order valence-electron chi connectivity index (χ4n) is 0. The Morgan fingerprint density at radius 3 is 1.25 bits per heavy atom. The van der Waals surface area contributed by atoms with E-state index in [0.29, 0.717) is 0 Å². The molecule has 3 nitrogen and oxygen atoms in total. The Labute approximate surface area is 156 Å². The molecular weight excluding hydrogens is 317 g/mol. The number of halogens is 1. The van der Waals surface area contributed by atoms with Gasteiger partial charge in [0.05, 0.1) is 0 Å². The standard InChI is InChI=1S/HI.2K.H2O3S2.2H/c;;;1-5(2,3)4;;/h1H;;;(H2,1,2,3,4);;. The van der Waals surface area contributed by atoms with Crippen LogP contribution in [0.2, 0.25) is 0 Å². The first-order valence-electron chi connectivity index (χ1n) is 0.698. The maximum atomic E-state index is 9.05. The van der Waals surface area contributed by atoms with E-state index in [1.807, 2.05) is 0 Å². The van der Waals surface area contributed by atoms with Crippen LogP contribution in [0.15, 0.2) is 0 Å². The molecule has 0 spiro atoms. The summed E-state index contributed by atoms with van der Waals surface area (Å²) in [6.07, 6.45) is 0. The van der Waals surface area contributed by atoms with Gasteiger partial charge < -0.3 is 0 Å². The van der Waals surface area contributed by atoms with Gasteiger partial charge in [0.15, 0.2) is 0 Å². The fraction of sp³-hybridized carbons (Fsp3) is 0. The van der Waals surface area contributed by atoms with E-state index in [-0.39, 0.29) is 127 Å². The molecule has 0 aliphatic rings. The fourth-order valence-corrected chi connectivity index (χ4v) is 0. The van der Waals surface area contributed by atoms with Crippen LogP contribution in [0.4, 0.5) is 0 Å². The number of thiol groups is 1. The monoisotopic (exact) mass is 322 g/mol. The van der Waals surface area contributed by atoms with Crippen LogP contribution < -0.4 is 0 Å². The summed E-state index contributed by atoms with van der Waals surface area (Å²) in [6, 6.07) is 0. The van der Waals surface area contributed by atoms with Gasteiger partial charge in [-0.1, -0.05) is 0 Å². The second kappa shape index (κ2) is 11.3. The van der Waals surface area contributed by atoms with Gasteiger partial charge in [0.1, 0.15) is 0 Å². The van der Waals surface area contributed by atoms with Crippen molar-refractivity contribution < 1.29 is 13.0 Å². The van der Waals surface area contributed by atoms with Crippen molar-refractivity contribution in [2.75, 3.05) is 0 Å². The van der Waals surface area contributed by atoms with Gasteiger partial charge in [-0.2, -0.15) is 8.42 Å². The SMILES string of the molecule is I.O=S(=O)(O)S.[KH].[KH]. The van der Waals surface area contributed by atoms with Crippen molar-refractivity contribution in [1.82, 2.24) is 0 Å². The van der Waals surface area contributed by atoms with Crippen LogP contribution in [0.25, 0.3) is 0 Å². The molecule has 0 aromatic carbocycles. The predicted molar refractivity (Wildman–Crippen MR) is 50.2 cm³/mol. The van der Waals surface area contributed by atoms with Crippen LogP contribution in [-0.4, -0.2) is 116 Å². The number of hydrogen-bond acceptors (Lipinski definition) is 2. The molecule has 0 saturated carbocycles. The number of hydrogen-bond donors (Lipinski definition) is 2. The molecule has 44 valence electrons. The van der Waals surface area contributed by atoms with Crippen LogP contribution in [0.1, 0.15) is 0 Å². The third-order valence-corrected chi connectivity index (χ3v) is 0. The molecule has 1 N–H and O–H groups in total. The summed E-state index contributed by atoms with van der Waals surface area (Å²) in [5, 5.41) is 0. The van der Waals surface area contributed by atoms with Crippen molar-refractivity contribution in [3.05, 3.63) is 0 Å². The summed E-state index contributed by atoms with van der Waals surface area (Å²) < 4.78 is 25.5. The zero-order valence-electron chi connectivity index (χ0n) is 2.53. The molecule has 0 heterocycles. The van der Waals surface area contributed by atoms with E-state index in [0.717, 1.165) is 0 Å². The van der Waals surface area contributed by atoms with Crippen molar-refractivity contribution in [2.45, 2.75) is 0 Å². The van der Waals surface area contributed by atoms with Crippen LogP contribution in [0.3, 0.4) is 0 Å². The Kier molecular flexibility index (Phi) is 32.1. The van der Waals surface area contributed by atoms with Crippen molar-refractivity contribution in [1.29, 1.82) is 0 Å². The molecular formula is H5IK2O3S2. The summed E-state index contributed by atoms with van der Waals surface area (Å²) in [7, 11) is -3.97. The molecule has 0 radical (unpaired) electrons. The minimum absolute atomic E-state index is 0. The molecule has 8 heavy (non-hydrogen) atoms. The number of rotatable bonds is 0. The molecule has 0 aliphatic carbocycles. The third kappa shape index (κ3) is 48.5. The average Bonchev–Trinajstić information content (AvgIpc) is 0.722. The van der Waals surface area contributed by atoms with Crippen LogP contribution in [0, 0.1) is 0 Å². The van der Waals surface area contributed by atoms with Gasteiger partial charge in [0.25, 0.3) is 0 Å². The Morgan fingerprint density at radius 2 is 1.25 bits per heavy atom. The van der Waals surface area contributed by atoms with Crippen molar-refractivity contribution >= 4 is 148 Å². The zero-order valence-corrected chi connectivity index (χ0v) is 6.57. The second-order valence-electron chi connectivity index (χ2n) is 0.448. The minimum atomic E-state index is -3.97. The van der Waals surface area contributed by atoms with Crippen molar-refractivity contribution in [3.63, 3.8) is 0 Å². The normalized spacial score (nSPS) is 7.25. The third-order valence-electron chi connectivity index (χ3n) is 0. The van der Waals surface area contributed by atoms with Gasteiger partial charge in [0.2, 0.25) is 0 Å². The molecule has 0 fully saturated rings. The molecule has 0 aromatic rings. The molecule has 0 aliphatic heterocycles. The average molecular weight is 322 g/mol. The maximum absolute atomic E-state index is 9.05. The molecule has 0 aromatic heterocycles. The Morgan fingerprint density at radius 1 is 1.25 bits per heavy atom. The van der Waals surface area contributed by atoms with E-state index in [1.54, 1.807) is 0 Å². The van der Waals surface area contributed by atoms with E-state index >= 15 is 0 Å². The molecule has 0 bridgehead atoms. The van der Waals surface area contributed by atoms with E-state index in [2.05, 4.69) is 11.7 Å². The van der Waals surface area contributed by atoms with Gasteiger partial charge in [0, 0.05) is 0 Å². The Hall–Kier alpha value is 4.26. The van der Waals surface area contributed by atoms with E-state index in [1.165, 1.54) is 0 Å². The Bertz CT molecular complexity index is 98.5. The van der Waals surface area contributed by atoms with Crippen molar-refractivity contribution in [3.8, 4) is 0 Å². The summed E-state index contributed by atoms with van der Waals surface area (Å²) in [4.78, 5) is 0. The molecule has 0 atom stereocenters. The second-order valence-corrected chi connectivity index (χ2v) is 2.73. The molecule has 0 unspecified atom stereocenters. The van der Waals surface area contributed by atoms with Gasteiger partial charge in [-0.25, -0.2) is 0 Å². The quantitative estimate of drug-likeness (QED) is 0.199. The molecule has 0 amide bonds. The first kappa shape index (κ1) is 22.8. The van der Waals surface area contributed by atoms with Gasteiger partial charge in [-0.15, -0.1) is 24.0 Å². The van der Waals surface area contributed by atoms with E-state index < -0.39 is 9.15 Å². The molecule has 0 rings (SSSR count). The molecule has 0 saturated heterocycles.